The van der Waals surface area contributed by atoms with Gasteiger partial charge in [0.2, 0.25) is 0 Å². The lowest BCUT2D eigenvalue weighted by Gasteiger charge is -2.37. The van der Waals surface area contributed by atoms with Gasteiger partial charge in [0.05, 0.1) is 18.3 Å². The summed E-state index contributed by atoms with van der Waals surface area (Å²) in [5.41, 5.74) is -0.676. The van der Waals surface area contributed by atoms with Gasteiger partial charge in [-0.25, -0.2) is 0 Å². The Balaban J connectivity index is 2.25. The quantitative estimate of drug-likeness (QED) is 0.927. The molecular weight excluding hydrogens is 299 g/mol. The summed E-state index contributed by atoms with van der Waals surface area (Å²) in [5, 5.41) is 9.20. The molecule has 0 bridgehead atoms. The minimum Gasteiger partial charge on any atom is -0.480 e. The summed E-state index contributed by atoms with van der Waals surface area (Å²) in [5.74, 6) is -0.966. The van der Waals surface area contributed by atoms with Crippen LogP contribution in [0, 0.1) is 0 Å². The van der Waals surface area contributed by atoms with Gasteiger partial charge in [0.25, 0.3) is 0 Å². The predicted molar refractivity (Wildman–Crippen MR) is 73.4 cm³/mol. The lowest BCUT2D eigenvalue weighted by atomic mass is 9.99. The van der Waals surface area contributed by atoms with Crippen LogP contribution in [0.2, 0.25) is 0 Å². The van der Waals surface area contributed by atoms with Gasteiger partial charge in [-0.1, -0.05) is 25.1 Å². The van der Waals surface area contributed by atoms with Crippen molar-refractivity contribution in [2.24, 2.45) is 0 Å². The highest BCUT2D eigenvalue weighted by Gasteiger charge is 2.37. The SMILES string of the molecule is CCC(C(=O)O)N1CCOC(c2ccccc2C(F)(F)F)C1. The van der Waals surface area contributed by atoms with Crippen molar-refractivity contribution >= 4 is 5.97 Å². The second-order valence-electron chi connectivity index (χ2n) is 5.20. The first-order valence-corrected chi connectivity index (χ1v) is 7.09. The molecule has 1 aliphatic rings. The number of carboxylic acids is 1. The van der Waals surface area contributed by atoms with Crippen molar-refractivity contribution in [3.05, 3.63) is 35.4 Å². The van der Waals surface area contributed by atoms with Gasteiger partial charge in [-0.3, -0.25) is 9.69 Å². The smallest absolute Gasteiger partial charge is 0.416 e. The third-order valence-electron chi connectivity index (χ3n) is 3.82. The Bertz CT molecular complexity index is 533. The number of ether oxygens (including phenoxy) is 1. The number of carbonyl (C=O) groups is 1. The van der Waals surface area contributed by atoms with E-state index in [0.29, 0.717) is 13.0 Å². The van der Waals surface area contributed by atoms with Crippen LogP contribution < -0.4 is 0 Å². The van der Waals surface area contributed by atoms with Gasteiger partial charge in [0.15, 0.2) is 0 Å². The molecule has 122 valence electrons. The number of rotatable bonds is 4. The van der Waals surface area contributed by atoms with E-state index < -0.39 is 29.9 Å². The Kier molecular flexibility index (Phi) is 5.08. The van der Waals surface area contributed by atoms with Crippen molar-refractivity contribution < 1.29 is 27.8 Å². The molecule has 7 heteroatoms. The Labute approximate surface area is 126 Å². The topological polar surface area (TPSA) is 49.8 Å². The van der Waals surface area contributed by atoms with E-state index in [9.17, 15) is 23.1 Å². The van der Waals surface area contributed by atoms with E-state index in [4.69, 9.17) is 4.74 Å². The Hall–Kier alpha value is -1.60. The van der Waals surface area contributed by atoms with E-state index in [-0.39, 0.29) is 18.7 Å². The van der Waals surface area contributed by atoms with Gasteiger partial charge in [0, 0.05) is 13.1 Å². The average Bonchev–Trinajstić information content (AvgIpc) is 2.47. The standard InChI is InChI=1S/C15H18F3NO3/c1-2-12(14(20)21)19-7-8-22-13(9-19)10-5-3-4-6-11(10)15(16,17)18/h3-6,12-13H,2,7-9H2,1H3,(H,20,21). The Morgan fingerprint density at radius 3 is 2.73 bits per heavy atom. The maximum absolute atomic E-state index is 13.1. The Morgan fingerprint density at radius 2 is 2.14 bits per heavy atom. The number of carboxylic acid groups (broad SMARTS) is 1. The molecule has 1 aromatic rings. The second-order valence-corrected chi connectivity index (χ2v) is 5.20. The molecule has 1 fully saturated rings. The molecule has 1 aromatic carbocycles. The van der Waals surface area contributed by atoms with Crippen molar-refractivity contribution in [3.8, 4) is 0 Å². The molecular formula is C15H18F3NO3. The Morgan fingerprint density at radius 1 is 1.45 bits per heavy atom. The van der Waals surface area contributed by atoms with Crippen LogP contribution in [0.1, 0.15) is 30.6 Å². The highest BCUT2D eigenvalue weighted by Crippen LogP contribution is 2.36. The van der Waals surface area contributed by atoms with Crippen molar-refractivity contribution in [3.63, 3.8) is 0 Å². The van der Waals surface area contributed by atoms with Crippen LogP contribution in [0.15, 0.2) is 24.3 Å². The van der Waals surface area contributed by atoms with Crippen LogP contribution in [-0.2, 0) is 15.7 Å². The summed E-state index contributed by atoms with van der Waals surface area (Å²) in [7, 11) is 0. The van der Waals surface area contributed by atoms with Crippen LogP contribution in [0.5, 0.6) is 0 Å². The third kappa shape index (κ3) is 3.59. The molecule has 0 saturated carbocycles. The van der Waals surface area contributed by atoms with Crippen molar-refractivity contribution in [1.82, 2.24) is 4.90 Å². The fourth-order valence-electron chi connectivity index (χ4n) is 2.77. The number of nitrogens with zero attached hydrogens (tertiary/aromatic N) is 1. The first-order valence-electron chi connectivity index (χ1n) is 7.09. The van der Waals surface area contributed by atoms with Gasteiger partial charge >= 0.3 is 12.1 Å². The zero-order chi connectivity index (χ0) is 16.3. The number of benzene rings is 1. The molecule has 22 heavy (non-hydrogen) atoms. The minimum atomic E-state index is -4.46. The number of aliphatic carboxylic acids is 1. The fraction of sp³-hybridized carbons (Fsp3) is 0.533. The number of halogens is 3. The summed E-state index contributed by atoms with van der Waals surface area (Å²) in [6, 6.07) is 4.56. The molecule has 1 heterocycles. The molecule has 2 atom stereocenters. The van der Waals surface area contributed by atoms with Crippen molar-refractivity contribution in [2.45, 2.75) is 31.7 Å². The number of morpholine rings is 1. The molecule has 0 aromatic heterocycles. The third-order valence-corrected chi connectivity index (χ3v) is 3.82. The van der Waals surface area contributed by atoms with Gasteiger partial charge < -0.3 is 9.84 Å². The van der Waals surface area contributed by atoms with E-state index in [2.05, 4.69) is 0 Å². The molecule has 2 unspecified atom stereocenters. The average molecular weight is 317 g/mol. The molecule has 1 N–H and O–H groups in total. The molecule has 2 rings (SSSR count). The number of hydrogen-bond acceptors (Lipinski definition) is 3. The molecule has 1 saturated heterocycles. The van der Waals surface area contributed by atoms with E-state index >= 15 is 0 Å². The normalized spacial score (nSPS) is 21.5. The van der Waals surface area contributed by atoms with Crippen LogP contribution in [0.25, 0.3) is 0 Å². The van der Waals surface area contributed by atoms with Crippen molar-refractivity contribution in [2.75, 3.05) is 19.7 Å². The maximum atomic E-state index is 13.1. The highest BCUT2D eigenvalue weighted by atomic mass is 19.4. The summed E-state index contributed by atoms with van der Waals surface area (Å²) in [4.78, 5) is 12.9. The zero-order valence-corrected chi connectivity index (χ0v) is 12.1. The summed E-state index contributed by atoms with van der Waals surface area (Å²) < 4.78 is 44.7. The van der Waals surface area contributed by atoms with Crippen molar-refractivity contribution in [1.29, 1.82) is 0 Å². The first-order chi connectivity index (χ1) is 10.3. The zero-order valence-electron chi connectivity index (χ0n) is 12.1. The predicted octanol–water partition coefficient (Wildman–Crippen LogP) is 2.94. The molecule has 1 aliphatic heterocycles. The van der Waals surface area contributed by atoms with Crippen LogP contribution in [0.4, 0.5) is 13.2 Å². The molecule has 0 spiro atoms. The first kappa shape index (κ1) is 16.8. The largest absolute Gasteiger partial charge is 0.480 e. The number of alkyl halides is 3. The number of hydrogen-bond donors (Lipinski definition) is 1. The van der Waals surface area contributed by atoms with E-state index in [1.54, 1.807) is 11.8 Å². The molecule has 0 aliphatic carbocycles. The van der Waals surface area contributed by atoms with Gasteiger partial charge in [-0.15, -0.1) is 0 Å². The lowest BCUT2D eigenvalue weighted by molar-refractivity contribution is -0.149. The summed E-state index contributed by atoms with van der Waals surface area (Å²) in [6.07, 6.45) is -4.85. The van der Waals surface area contributed by atoms with Gasteiger partial charge in [0.1, 0.15) is 6.04 Å². The van der Waals surface area contributed by atoms with Crippen LogP contribution in [0.3, 0.4) is 0 Å². The van der Waals surface area contributed by atoms with Gasteiger partial charge in [-0.05, 0) is 18.1 Å². The summed E-state index contributed by atoms with van der Waals surface area (Å²) in [6.45, 7) is 2.49. The molecule has 0 radical (unpaired) electrons. The highest BCUT2D eigenvalue weighted by molar-refractivity contribution is 5.73. The second kappa shape index (κ2) is 6.66. The monoisotopic (exact) mass is 317 g/mol. The van der Waals surface area contributed by atoms with Gasteiger partial charge in [-0.2, -0.15) is 13.2 Å². The van der Waals surface area contributed by atoms with Crippen LogP contribution >= 0.6 is 0 Å². The molecule has 4 nitrogen and oxygen atoms in total. The summed E-state index contributed by atoms with van der Waals surface area (Å²) >= 11 is 0. The minimum absolute atomic E-state index is 0.0555. The van der Waals surface area contributed by atoms with Crippen LogP contribution in [-0.4, -0.2) is 41.7 Å². The van der Waals surface area contributed by atoms with E-state index in [1.165, 1.54) is 18.2 Å². The molecule has 0 amide bonds. The lowest BCUT2D eigenvalue weighted by Crippen LogP contribution is -2.48. The maximum Gasteiger partial charge on any atom is 0.416 e. The fourth-order valence-corrected chi connectivity index (χ4v) is 2.77. The van der Waals surface area contributed by atoms with E-state index in [0.717, 1.165) is 6.07 Å². The van der Waals surface area contributed by atoms with E-state index in [1.807, 2.05) is 0 Å².